The van der Waals surface area contributed by atoms with Crippen LogP contribution in [0.1, 0.15) is 39.5 Å². The number of amides is 1. The van der Waals surface area contributed by atoms with Crippen LogP contribution >= 0.6 is 0 Å². The number of carbonyl (C=O) groups excluding carboxylic acids is 2. The molecule has 10 heteroatoms. The highest BCUT2D eigenvalue weighted by atomic mass is 32.2. The molecule has 2 heterocycles. The molecule has 0 radical (unpaired) electrons. The van der Waals surface area contributed by atoms with Crippen molar-refractivity contribution in [2.75, 3.05) is 20.2 Å². The first-order valence-electron chi connectivity index (χ1n) is 8.57. The van der Waals surface area contributed by atoms with Crippen molar-refractivity contribution in [2.24, 2.45) is 5.73 Å². The van der Waals surface area contributed by atoms with Crippen molar-refractivity contribution in [3.8, 4) is 5.75 Å². The zero-order chi connectivity index (χ0) is 20.3. The van der Waals surface area contributed by atoms with Crippen LogP contribution in [0.2, 0.25) is 0 Å². The maximum Gasteiger partial charge on any atom is 0.373 e. The summed E-state index contributed by atoms with van der Waals surface area (Å²) in [6.07, 6.45) is 1.61. The number of ether oxygens (including phenoxy) is 2. The summed E-state index contributed by atoms with van der Waals surface area (Å²) in [4.78, 5) is 23.2. The number of hydrogen-bond acceptors (Lipinski definition) is 7. The molecule has 0 atom stereocenters. The second-order valence-corrected chi connectivity index (χ2v) is 8.12. The number of sulfonamides is 1. The first kappa shape index (κ1) is 19.9. The van der Waals surface area contributed by atoms with Gasteiger partial charge in [-0.25, -0.2) is 13.2 Å². The lowest BCUT2D eigenvalue weighted by molar-refractivity contribution is 0.0561. The summed E-state index contributed by atoms with van der Waals surface area (Å²) in [5, 5.41) is 0. The van der Waals surface area contributed by atoms with Gasteiger partial charge in [0.1, 0.15) is 18.1 Å². The van der Waals surface area contributed by atoms with Gasteiger partial charge < -0.3 is 19.6 Å². The summed E-state index contributed by atoms with van der Waals surface area (Å²) < 4.78 is 42.1. The molecule has 0 aliphatic carbocycles. The van der Waals surface area contributed by atoms with Crippen molar-refractivity contribution in [2.45, 2.75) is 24.3 Å². The van der Waals surface area contributed by atoms with Gasteiger partial charge in [-0.15, -0.1) is 0 Å². The lowest BCUT2D eigenvalue weighted by atomic mass is 10.2. The second kappa shape index (κ2) is 8.03. The number of hydrogen-bond donors (Lipinski definition) is 1. The topological polar surface area (TPSA) is 129 Å². The Kier molecular flexibility index (Phi) is 5.71. The highest BCUT2D eigenvalue weighted by Crippen LogP contribution is 2.27. The molecule has 2 aromatic rings. The minimum atomic E-state index is -3.69. The summed E-state index contributed by atoms with van der Waals surface area (Å²) in [5.41, 5.74) is 5.34. The molecule has 1 saturated heterocycles. The molecule has 150 valence electrons. The number of nitrogens with zero attached hydrogens (tertiary/aromatic N) is 1. The molecule has 0 bridgehead atoms. The van der Waals surface area contributed by atoms with Crippen molar-refractivity contribution in [3.63, 3.8) is 0 Å². The van der Waals surface area contributed by atoms with Gasteiger partial charge in [-0.2, -0.15) is 4.31 Å². The Morgan fingerprint density at radius 3 is 2.54 bits per heavy atom. The van der Waals surface area contributed by atoms with Gasteiger partial charge in [-0.05, 0) is 43.2 Å². The van der Waals surface area contributed by atoms with Crippen LogP contribution in [-0.2, 0) is 21.4 Å². The van der Waals surface area contributed by atoms with Gasteiger partial charge in [0.25, 0.3) is 5.91 Å². The quantitative estimate of drug-likeness (QED) is 0.688. The van der Waals surface area contributed by atoms with E-state index < -0.39 is 21.9 Å². The molecule has 9 nitrogen and oxygen atoms in total. The highest BCUT2D eigenvalue weighted by molar-refractivity contribution is 7.89. The van der Waals surface area contributed by atoms with Crippen LogP contribution in [0.25, 0.3) is 0 Å². The molecule has 3 rings (SSSR count). The van der Waals surface area contributed by atoms with E-state index in [2.05, 4.69) is 4.74 Å². The maximum absolute atomic E-state index is 12.7. The Morgan fingerprint density at radius 2 is 1.89 bits per heavy atom. The molecule has 1 aromatic carbocycles. The molecular weight excluding hydrogens is 388 g/mol. The Bertz CT molecular complexity index is 991. The number of carbonyl (C=O) groups is 2. The van der Waals surface area contributed by atoms with E-state index in [0.29, 0.717) is 18.8 Å². The van der Waals surface area contributed by atoms with Gasteiger partial charge in [0.15, 0.2) is 0 Å². The van der Waals surface area contributed by atoms with Crippen LogP contribution in [0, 0.1) is 0 Å². The van der Waals surface area contributed by atoms with E-state index in [4.69, 9.17) is 14.9 Å². The van der Waals surface area contributed by atoms with Crippen LogP contribution in [0.3, 0.4) is 0 Å². The highest BCUT2D eigenvalue weighted by Gasteiger charge is 2.28. The molecular formula is C18H20N2O7S. The third-order valence-electron chi connectivity index (χ3n) is 4.34. The zero-order valence-corrected chi connectivity index (χ0v) is 16.0. The van der Waals surface area contributed by atoms with E-state index in [0.717, 1.165) is 12.8 Å². The fraction of sp³-hybridized carbons (Fsp3) is 0.333. The van der Waals surface area contributed by atoms with Gasteiger partial charge in [0, 0.05) is 13.1 Å². The van der Waals surface area contributed by atoms with E-state index in [1.165, 1.54) is 41.7 Å². The Morgan fingerprint density at radius 1 is 1.18 bits per heavy atom. The largest absolute Gasteiger partial charge is 0.485 e. The average molecular weight is 408 g/mol. The van der Waals surface area contributed by atoms with Crippen molar-refractivity contribution in [3.05, 3.63) is 47.4 Å². The summed E-state index contributed by atoms with van der Waals surface area (Å²) >= 11 is 0. The van der Waals surface area contributed by atoms with E-state index in [1.807, 2.05) is 0 Å². The first-order chi connectivity index (χ1) is 13.3. The smallest absolute Gasteiger partial charge is 0.373 e. The van der Waals surface area contributed by atoms with E-state index in [1.54, 1.807) is 0 Å². The lowest BCUT2D eigenvalue weighted by Gasteiger charge is -2.17. The summed E-state index contributed by atoms with van der Waals surface area (Å²) in [7, 11) is -2.45. The van der Waals surface area contributed by atoms with Crippen molar-refractivity contribution in [1.82, 2.24) is 4.31 Å². The van der Waals surface area contributed by atoms with Gasteiger partial charge in [-0.1, -0.05) is 0 Å². The van der Waals surface area contributed by atoms with Gasteiger partial charge in [0.05, 0.1) is 17.6 Å². The predicted molar refractivity (Wildman–Crippen MR) is 97.3 cm³/mol. The summed E-state index contributed by atoms with van der Waals surface area (Å²) in [6, 6.07) is 6.94. The second-order valence-electron chi connectivity index (χ2n) is 6.18. The minimum Gasteiger partial charge on any atom is -0.485 e. The Balaban J connectivity index is 1.81. The monoisotopic (exact) mass is 408 g/mol. The van der Waals surface area contributed by atoms with Crippen LogP contribution in [0.4, 0.5) is 0 Å². The summed E-state index contributed by atoms with van der Waals surface area (Å²) in [5.74, 6) is -0.986. The molecule has 1 fully saturated rings. The number of primary amides is 1. The molecule has 1 aliphatic heterocycles. The van der Waals surface area contributed by atoms with Crippen LogP contribution in [0.15, 0.2) is 39.6 Å². The van der Waals surface area contributed by atoms with E-state index >= 15 is 0 Å². The number of esters is 1. The lowest BCUT2D eigenvalue weighted by Crippen LogP contribution is -2.28. The molecule has 0 saturated carbocycles. The number of furan rings is 1. The molecule has 1 aromatic heterocycles. The Hall–Kier alpha value is -2.85. The Labute approximate surface area is 162 Å². The number of rotatable bonds is 7. The molecule has 28 heavy (non-hydrogen) atoms. The number of benzene rings is 1. The fourth-order valence-corrected chi connectivity index (χ4v) is 4.42. The van der Waals surface area contributed by atoms with Crippen LogP contribution in [0.5, 0.6) is 5.75 Å². The van der Waals surface area contributed by atoms with Gasteiger partial charge >= 0.3 is 5.97 Å². The van der Waals surface area contributed by atoms with Crippen LogP contribution in [-0.4, -0.2) is 44.8 Å². The van der Waals surface area contributed by atoms with E-state index in [9.17, 15) is 18.0 Å². The first-order valence-corrected chi connectivity index (χ1v) is 10.0. The third kappa shape index (κ3) is 4.02. The SMILES string of the molecule is COC(=O)c1ccc(COc2ccc(S(=O)(=O)N3CCCC3)cc2C(N)=O)o1. The third-order valence-corrected chi connectivity index (χ3v) is 6.23. The number of methoxy groups -OCH3 is 1. The summed E-state index contributed by atoms with van der Waals surface area (Å²) in [6.45, 7) is 0.816. The average Bonchev–Trinajstić information content (AvgIpc) is 3.37. The fourth-order valence-electron chi connectivity index (χ4n) is 2.88. The minimum absolute atomic E-state index is 0.0125. The normalized spacial score (nSPS) is 14.8. The van der Waals surface area contributed by atoms with Crippen LogP contribution < -0.4 is 10.5 Å². The van der Waals surface area contributed by atoms with Crippen molar-refractivity contribution >= 4 is 21.9 Å². The predicted octanol–water partition coefficient (Wildman–Crippen LogP) is 1.53. The van der Waals surface area contributed by atoms with Crippen molar-refractivity contribution < 1.29 is 31.9 Å². The van der Waals surface area contributed by atoms with E-state index in [-0.39, 0.29) is 28.6 Å². The zero-order valence-electron chi connectivity index (χ0n) is 15.2. The number of nitrogens with two attached hydrogens (primary N) is 1. The molecule has 1 aliphatic rings. The molecule has 0 spiro atoms. The maximum atomic E-state index is 12.7. The van der Waals surface area contributed by atoms with Gasteiger partial charge in [0.2, 0.25) is 15.8 Å². The van der Waals surface area contributed by atoms with Crippen molar-refractivity contribution in [1.29, 1.82) is 0 Å². The van der Waals surface area contributed by atoms with Gasteiger partial charge in [-0.3, -0.25) is 4.79 Å². The molecule has 2 N–H and O–H groups in total. The molecule has 0 unspecified atom stereocenters. The standard InChI is InChI=1S/C18H20N2O7S/c1-25-18(22)16-6-4-12(27-16)11-26-15-7-5-13(10-14(15)17(19)21)28(23,24)20-8-2-3-9-20/h4-7,10H,2-3,8-9,11H2,1H3,(H2,19,21). The molecule has 1 amide bonds.